The van der Waals surface area contributed by atoms with Crippen LogP contribution in [0.4, 0.5) is 10.1 Å². The van der Waals surface area contributed by atoms with E-state index in [-0.39, 0.29) is 28.0 Å². The number of halogens is 2. The molecule has 0 atom stereocenters. The molecule has 0 fully saturated rings. The Hall–Kier alpha value is -2.28. The summed E-state index contributed by atoms with van der Waals surface area (Å²) in [5.41, 5.74) is -0.0283. The molecule has 104 valence electrons. The van der Waals surface area contributed by atoms with Gasteiger partial charge in [0.2, 0.25) is 5.82 Å². The zero-order valence-electron chi connectivity index (χ0n) is 10.3. The maximum Gasteiger partial charge on any atom is 0.288 e. The van der Waals surface area contributed by atoms with Gasteiger partial charge in [0, 0.05) is 12.1 Å². The number of nitro groups is 1. The van der Waals surface area contributed by atoms with Gasteiger partial charge in [-0.1, -0.05) is 18.5 Å². The maximum atomic E-state index is 13.9. The van der Waals surface area contributed by atoms with E-state index in [1.807, 2.05) is 0 Å². The molecule has 0 amide bonds. The van der Waals surface area contributed by atoms with Crippen LogP contribution in [0.15, 0.2) is 24.5 Å². The number of nitrogens with zero attached hydrogens (tertiary/aromatic N) is 3. The first kappa shape index (κ1) is 14.1. The van der Waals surface area contributed by atoms with Crippen molar-refractivity contribution in [2.24, 2.45) is 0 Å². The van der Waals surface area contributed by atoms with E-state index < -0.39 is 10.7 Å². The first-order valence-corrected chi connectivity index (χ1v) is 6.02. The van der Waals surface area contributed by atoms with Crippen molar-refractivity contribution in [3.05, 3.63) is 51.2 Å². The first-order valence-electron chi connectivity index (χ1n) is 5.64. The second-order valence-electron chi connectivity index (χ2n) is 3.77. The third-order valence-corrected chi connectivity index (χ3v) is 2.80. The maximum absolute atomic E-state index is 13.9. The number of nitro benzene ring substituents is 1. The van der Waals surface area contributed by atoms with Crippen LogP contribution in [-0.2, 0) is 6.42 Å². The molecule has 0 radical (unpaired) electrons. The Morgan fingerprint density at radius 1 is 1.45 bits per heavy atom. The van der Waals surface area contributed by atoms with Crippen LogP contribution in [0.2, 0.25) is 5.02 Å². The van der Waals surface area contributed by atoms with Gasteiger partial charge in [-0.05, 0) is 12.5 Å². The minimum atomic E-state index is -0.663. The molecule has 8 heteroatoms. The van der Waals surface area contributed by atoms with Gasteiger partial charge < -0.3 is 4.74 Å². The third-order valence-electron chi connectivity index (χ3n) is 2.49. The molecule has 0 aliphatic carbocycles. The fourth-order valence-corrected chi connectivity index (χ4v) is 1.76. The van der Waals surface area contributed by atoms with Gasteiger partial charge in [0.05, 0.1) is 10.6 Å². The van der Waals surface area contributed by atoms with Crippen molar-refractivity contribution in [1.82, 2.24) is 9.97 Å². The molecule has 2 aromatic rings. The molecule has 20 heavy (non-hydrogen) atoms. The van der Waals surface area contributed by atoms with E-state index in [1.165, 1.54) is 24.5 Å². The van der Waals surface area contributed by atoms with E-state index in [2.05, 4.69) is 9.97 Å². The average molecular weight is 298 g/mol. The molecular weight excluding hydrogens is 289 g/mol. The molecule has 0 aliphatic heterocycles. The minimum absolute atomic E-state index is 0.0994. The Balaban J connectivity index is 2.31. The second kappa shape index (κ2) is 5.79. The summed E-state index contributed by atoms with van der Waals surface area (Å²) in [4.78, 5) is 17.5. The van der Waals surface area contributed by atoms with E-state index in [4.69, 9.17) is 16.3 Å². The largest absolute Gasteiger partial charge is 0.436 e. The number of benzene rings is 1. The Morgan fingerprint density at radius 2 is 2.20 bits per heavy atom. The summed E-state index contributed by atoms with van der Waals surface area (Å²) in [6.07, 6.45) is 1.58. The van der Waals surface area contributed by atoms with Crippen LogP contribution in [0.1, 0.15) is 12.6 Å². The molecule has 1 aromatic heterocycles. The Morgan fingerprint density at radius 3 is 2.80 bits per heavy atom. The van der Waals surface area contributed by atoms with Crippen LogP contribution in [0.25, 0.3) is 0 Å². The molecule has 0 aliphatic rings. The molecular formula is C12H9ClFN3O3. The van der Waals surface area contributed by atoms with E-state index in [0.29, 0.717) is 6.42 Å². The topological polar surface area (TPSA) is 78.2 Å². The van der Waals surface area contributed by atoms with Crippen molar-refractivity contribution in [2.45, 2.75) is 13.3 Å². The van der Waals surface area contributed by atoms with Crippen molar-refractivity contribution in [1.29, 1.82) is 0 Å². The summed E-state index contributed by atoms with van der Waals surface area (Å²) in [5, 5.41) is 10.5. The molecule has 1 heterocycles. The lowest BCUT2D eigenvalue weighted by Crippen LogP contribution is -1.99. The lowest BCUT2D eigenvalue weighted by molar-refractivity contribution is -0.384. The summed E-state index contributed by atoms with van der Waals surface area (Å²) in [7, 11) is 0. The number of hydrogen-bond acceptors (Lipinski definition) is 5. The normalized spacial score (nSPS) is 10.3. The Kier molecular flexibility index (Phi) is 4.09. The Bertz CT molecular complexity index is 666. The average Bonchev–Trinajstić information content (AvgIpc) is 2.41. The lowest BCUT2D eigenvalue weighted by Gasteiger charge is -2.07. The van der Waals surface area contributed by atoms with Crippen molar-refractivity contribution >= 4 is 17.3 Å². The molecule has 6 nitrogen and oxygen atoms in total. The second-order valence-corrected chi connectivity index (χ2v) is 4.17. The summed E-state index contributed by atoms with van der Waals surface area (Å²) in [6, 6.07) is 3.72. The van der Waals surface area contributed by atoms with Crippen LogP contribution in [0.5, 0.6) is 11.6 Å². The predicted molar refractivity (Wildman–Crippen MR) is 69.5 cm³/mol. The first-order chi connectivity index (χ1) is 9.52. The molecule has 1 aromatic carbocycles. The van der Waals surface area contributed by atoms with Gasteiger partial charge in [0.1, 0.15) is 17.1 Å². The number of rotatable bonds is 4. The standard InChI is InChI=1S/C12H9ClFN3O3/c1-2-9-11(14)12(16-6-15-9)20-7-3-4-10(17(18)19)8(13)5-7/h3-6H,2H2,1H3. The highest BCUT2D eigenvalue weighted by atomic mass is 35.5. The van der Waals surface area contributed by atoms with Gasteiger partial charge in [0.25, 0.3) is 11.6 Å². The van der Waals surface area contributed by atoms with E-state index in [1.54, 1.807) is 6.92 Å². The molecule has 0 spiro atoms. The lowest BCUT2D eigenvalue weighted by atomic mass is 10.3. The minimum Gasteiger partial charge on any atom is -0.436 e. The highest BCUT2D eigenvalue weighted by Crippen LogP contribution is 2.31. The monoisotopic (exact) mass is 297 g/mol. The van der Waals surface area contributed by atoms with Crippen LogP contribution in [-0.4, -0.2) is 14.9 Å². The number of aryl methyl sites for hydroxylation is 1. The van der Waals surface area contributed by atoms with Crippen molar-refractivity contribution in [3.63, 3.8) is 0 Å². The van der Waals surface area contributed by atoms with Gasteiger partial charge in [-0.25, -0.2) is 4.98 Å². The fraction of sp³-hybridized carbons (Fsp3) is 0.167. The van der Waals surface area contributed by atoms with Crippen LogP contribution < -0.4 is 4.74 Å². The van der Waals surface area contributed by atoms with Crippen LogP contribution in [0, 0.1) is 15.9 Å². The predicted octanol–water partition coefficient (Wildman–Crippen LogP) is 3.53. The van der Waals surface area contributed by atoms with Gasteiger partial charge >= 0.3 is 0 Å². The molecule has 0 saturated carbocycles. The van der Waals surface area contributed by atoms with Crippen molar-refractivity contribution in [3.8, 4) is 11.6 Å². The van der Waals surface area contributed by atoms with Gasteiger partial charge in [-0.2, -0.15) is 9.37 Å². The Labute approximate surface area is 118 Å². The van der Waals surface area contributed by atoms with E-state index >= 15 is 0 Å². The van der Waals surface area contributed by atoms with Gasteiger partial charge in [-0.3, -0.25) is 10.1 Å². The highest BCUT2D eigenvalue weighted by molar-refractivity contribution is 6.32. The van der Waals surface area contributed by atoms with Crippen LogP contribution >= 0.6 is 11.6 Å². The molecule has 0 N–H and O–H groups in total. The van der Waals surface area contributed by atoms with E-state index in [0.717, 1.165) is 0 Å². The molecule has 0 unspecified atom stereocenters. The summed E-state index contributed by atoms with van der Waals surface area (Å²) in [5.74, 6) is -0.758. The summed E-state index contributed by atoms with van der Waals surface area (Å²) >= 11 is 5.74. The van der Waals surface area contributed by atoms with E-state index in [9.17, 15) is 14.5 Å². The quantitative estimate of drug-likeness (QED) is 0.637. The van der Waals surface area contributed by atoms with Crippen LogP contribution in [0.3, 0.4) is 0 Å². The number of ether oxygens (including phenoxy) is 1. The van der Waals surface area contributed by atoms with Crippen molar-refractivity contribution < 1.29 is 14.1 Å². The molecule has 2 rings (SSSR count). The zero-order valence-corrected chi connectivity index (χ0v) is 11.1. The number of hydrogen-bond donors (Lipinski definition) is 0. The van der Waals surface area contributed by atoms with Gasteiger partial charge in [-0.15, -0.1) is 0 Å². The molecule has 0 saturated heterocycles. The smallest absolute Gasteiger partial charge is 0.288 e. The fourth-order valence-electron chi connectivity index (χ4n) is 1.52. The highest BCUT2D eigenvalue weighted by Gasteiger charge is 2.15. The third kappa shape index (κ3) is 2.83. The summed E-state index contributed by atoms with van der Waals surface area (Å²) in [6.45, 7) is 1.75. The number of aromatic nitrogens is 2. The zero-order chi connectivity index (χ0) is 14.7. The summed E-state index contributed by atoms with van der Waals surface area (Å²) < 4.78 is 19.1. The SMILES string of the molecule is CCc1ncnc(Oc2ccc([N+](=O)[O-])c(Cl)c2)c1F. The molecule has 0 bridgehead atoms. The van der Waals surface area contributed by atoms with Gasteiger partial charge in [0.15, 0.2) is 0 Å². The van der Waals surface area contributed by atoms with Crippen molar-refractivity contribution in [2.75, 3.05) is 0 Å².